The first kappa shape index (κ1) is 17.0. The Labute approximate surface area is 145 Å². The Morgan fingerprint density at radius 2 is 2.25 bits per heavy atom. The summed E-state index contributed by atoms with van der Waals surface area (Å²) in [4.78, 5) is 16.9. The summed E-state index contributed by atoms with van der Waals surface area (Å²) in [5.41, 5.74) is 1.66. The van der Waals surface area contributed by atoms with Crippen LogP contribution < -0.4 is 5.32 Å². The van der Waals surface area contributed by atoms with Crippen molar-refractivity contribution in [2.75, 3.05) is 6.61 Å². The molecule has 1 aliphatic heterocycles. The van der Waals surface area contributed by atoms with Crippen molar-refractivity contribution in [3.63, 3.8) is 0 Å². The van der Waals surface area contributed by atoms with Gasteiger partial charge in [0.15, 0.2) is 0 Å². The number of thiazole rings is 1. The van der Waals surface area contributed by atoms with Gasteiger partial charge in [0.25, 0.3) is 0 Å². The Bertz CT molecular complexity index is 681. The van der Waals surface area contributed by atoms with Crippen LogP contribution in [0.15, 0.2) is 29.6 Å². The summed E-state index contributed by atoms with van der Waals surface area (Å²) in [5, 5.41) is 6.01. The summed E-state index contributed by atoms with van der Waals surface area (Å²) in [6, 6.07) is 5.99. The second-order valence-corrected chi connectivity index (χ2v) is 6.85. The van der Waals surface area contributed by atoms with Gasteiger partial charge in [-0.05, 0) is 37.0 Å². The molecule has 1 N–H and O–H groups in total. The molecule has 1 saturated heterocycles. The highest BCUT2D eigenvalue weighted by atomic mass is 32.1. The topological polar surface area (TPSA) is 51.2 Å². The van der Waals surface area contributed by atoms with Gasteiger partial charge < -0.3 is 10.1 Å². The summed E-state index contributed by atoms with van der Waals surface area (Å²) in [7, 11) is 0. The summed E-state index contributed by atoms with van der Waals surface area (Å²) >= 11 is 1.58. The molecule has 0 saturated carbocycles. The minimum atomic E-state index is -0.286. The first-order valence-electron chi connectivity index (χ1n) is 8.25. The molecule has 0 aliphatic carbocycles. The van der Waals surface area contributed by atoms with Gasteiger partial charge in [-0.1, -0.05) is 19.1 Å². The number of carbonyl (C=O) groups is 1. The molecular formula is C18H21FN2O2S. The molecule has 6 heteroatoms. The smallest absolute Gasteiger partial charge is 0.226 e. The van der Waals surface area contributed by atoms with Crippen LogP contribution in [0.25, 0.3) is 0 Å². The average molecular weight is 348 g/mol. The van der Waals surface area contributed by atoms with E-state index in [2.05, 4.69) is 10.3 Å². The number of nitrogens with one attached hydrogen (secondary N) is 1. The lowest BCUT2D eigenvalue weighted by molar-refractivity contribution is -0.122. The Hall–Kier alpha value is -1.79. The SMILES string of the molecule is CCc1nc(CC(=O)N[C@H](c2ccc(F)cc2)[C@@H]2CCCO2)cs1. The Morgan fingerprint density at radius 1 is 1.46 bits per heavy atom. The van der Waals surface area contributed by atoms with Crippen molar-refractivity contribution in [3.05, 3.63) is 51.7 Å². The van der Waals surface area contributed by atoms with Crippen molar-refractivity contribution in [3.8, 4) is 0 Å². The zero-order chi connectivity index (χ0) is 16.9. The zero-order valence-electron chi connectivity index (χ0n) is 13.6. The van der Waals surface area contributed by atoms with E-state index in [1.807, 2.05) is 12.3 Å². The molecule has 0 bridgehead atoms. The maximum absolute atomic E-state index is 13.2. The van der Waals surface area contributed by atoms with Gasteiger partial charge in [-0.25, -0.2) is 9.37 Å². The average Bonchev–Trinajstić information content (AvgIpc) is 3.25. The Balaban J connectivity index is 1.70. The van der Waals surface area contributed by atoms with Crippen LogP contribution in [0.2, 0.25) is 0 Å². The highest BCUT2D eigenvalue weighted by Crippen LogP contribution is 2.27. The molecule has 3 rings (SSSR count). The van der Waals surface area contributed by atoms with Crippen molar-refractivity contribution < 1.29 is 13.9 Å². The van der Waals surface area contributed by atoms with Gasteiger partial charge in [-0.3, -0.25) is 4.79 Å². The molecule has 0 radical (unpaired) electrons. The van der Waals surface area contributed by atoms with Gasteiger partial charge in [0.05, 0.1) is 29.3 Å². The highest BCUT2D eigenvalue weighted by Gasteiger charge is 2.28. The molecule has 24 heavy (non-hydrogen) atoms. The Kier molecular flexibility index (Phi) is 5.58. The van der Waals surface area contributed by atoms with E-state index in [4.69, 9.17) is 4.74 Å². The van der Waals surface area contributed by atoms with Crippen LogP contribution >= 0.6 is 11.3 Å². The molecule has 1 amide bonds. The molecule has 2 atom stereocenters. The lowest BCUT2D eigenvalue weighted by Crippen LogP contribution is -2.37. The first-order valence-corrected chi connectivity index (χ1v) is 9.13. The molecule has 0 spiro atoms. The van der Waals surface area contributed by atoms with Gasteiger partial charge in [-0.15, -0.1) is 11.3 Å². The number of hydrogen-bond donors (Lipinski definition) is 1. The fraction of sp³-hybridized carbons (Fsp3) is 0.444. The predicted octanol–water partition coefficient (Wildman–Crippen LogP) is 3.42. The van der Waals surface area contributed by atoms with E-state index >= 15 is 0 Å². The van der Waals surface area contributed by atoms with E-state index in [1.54, 1.807) is 23.5 Å². The molecule has 0 unspecified atom stereocenters. The quantitative estimate of drug-likeness (QED) is 0.870. The van der Waals surface area contributed by atoms with Crippen molar-refractivity contribution >= 4 is 17.2 Å². The van der Waals surface area contributed by atoms with Crippen LogP contribution in [0, 0.1) is 5.82 Å². The van der Waals surface area contributed by atoms with Crippen LogP contribution in [0.5, 0.6) is 0 Å². The van der Waals surface area contributed by atoms with E-state index in [9.17, 15) is 9.18 Å². The standard InChI is InChI=1S/C18H21FN2O2S/c1-2-17-20-14(11-24-17)10-16(22)21-18(15-4-3-9-23-15)12-5-7-13(19)8-6-12/h5-8,11,15,18H,2-4,9-10H2,1H3,(H,21,22)/t15-,18+/m0/s1. The molecule has 1 aliphatic rings. The number of aryl methyl sites for hydroxylation is 1. The molecular weight excluding hydrogens is 327 g/mol. The number of ether oxygens (including phenoxy) is 1. The molecule has 1 aromatic heterocycles. The third kappa shape index (κ3) is 4.19. The number of rotatable bonds is 6. The fourth-order valence-electron chi connectivity index (χ4n) is 2.91. The maximum Gasteiger partial charge on any atom is 0.226 e. The van der Waals surface area contributed by atoms with E-state index in [0.717, 1.165) is 35.5 Å². The summed E-state index contributed by atoms with van der Waals surface area (Å²) in [6.45, 7) is 2.74. The van der Waals surface area contributed by atoms with E-state index in [-0.39, 0.29) is 30.3 Å². The van der Waals surface area contributed by atoms with Crippen LogP contribution in [-0.2, 0) is 22.4 Å². The van der Waals surface area contributed by atoms with Gasteiger partial charge in [0, 0.05) is 12.0 Å². The van der Waals surface area contributed by atoms with Crippen molar-refractivity contribution in [2.45, 2.75) is 44.8 Å². The number of hydrogen-bond acceptors (Lipinski definition) is 4. The number of nitrogens with zero attached hydrogens (tertiary/aromatic N) is 1. The largest absolute Gasteiger partial charge is 0.376 e. The molecule has 2 heterocycles. The lowest BCUT2D eigenvalue weighted by Gasteiger charge is -2.24. The maximum atomic E-state index is 13.2. The van der Waals surface area contributed by atoms with Gasteiger partial charge in [0.2, 0.25) is 5.91 Å². The first-order chi connectivity index (χ1) is 11.7. The van der Waals surface area contributed by atoms with Crippen LogP contribution in [0.4, 0.5) is 4.39 Å². The second kappa shape index (κ2) is 7.85. The predicted molar refractivity (Wildman–Crippen MR) is 91.5 cm³/mol. The molecule has 4 nitrogen and oxygen atoms in total. The monoisotopic (exact) mass is 348 g/mol. The summed E-state index contributed by atoms with van der Waals surface area (Å²) in [6.07, 6.45) is 2.92. The number of aromatic nitrogens is 1. The Morgan fingerprint density at radius 3 is 2.88 bits per heavy atom. The van der Waals surface area contributed by atoms with Crippen LogP contribution in [-0.4, -0.2) is 23.6 Å². The molecule has 1 aromatic carbocycles. The number of carbonyl (C=O) groups excluding carboxylic acids is 1. The van der Waals surface area contributed by atoms with Crippen LogP contribution in [0.3, 0.4) is 0 Å². The van der Waals surface area contributed by atoms with E-state index in [0.29, 0.717) is 6.61 Å². The van der Waals surface area contributed by atoms with Gasteiger partial charge in [-0.2, -0.15) is 0 Å². The highest BCUT2D eigenvalue weighted by molar-refractivity contribution is 7.09. The van der Waals surface area contributed by atoms with Crippen molar-refractivity contribution in [1.29, 1.82) is 0 Å². The van der Waals surface area contributed by atoms with E-state index < -0.39 is 0 Å². The fourth-order valence-corrected chi connectivity index (χ4v) is 3.65. The zero-order valence-corrected chi connectivity index (χ0v) is 14.4. The van der Waals surface area contributed by atoms with Gasteiger partial charge >= 0.3 is 0 Å². The molecule has 128 valence electrons. The van der Waals surface area contributed by atoms with Crippen molar-refractivity contribution in [1.82, 2.24) is 10.3 Å². The third-order valence-electron chi connectivity index (χ3n) is 4.13. The number of amides is 1. The number of halogens is 1. The van der Waals surface area contributed by atoms with E-state index in [1.165, 1.54) is 12.1 Å². The van der Waals surface area contributed by atoms with Crippen LogP contribution in [0.1, 0.15) is 42.1 Å². The minimum Gasteiger partial charge on any atom is -0.376 e. The number of benzene rings is 1. The van der Waals surface area contributed by atoms with Gasteiger partial charge in [0.1, 0.15) is 5.82 Å². The summed E-state index contributed by atoms with van der Waals surface area (Å²) in [5.74, 6) is -0.376. The van der Waals surface area contributed by atoms with Crippen molar-refractivity contribution in [2.24, 2.45) is 0 Å². The molecule has 2 aromatic rings. The normalized spacial score (nSPS) is 18.5. The minimum absolute atomic E-state index is 0.0685. The summed E-state index contributed by atoms with van der Waals surface area (Å²) < 4.78 is 18.9. The molecule has 1 fully saturated rings. The second-order valence-electron chi connectivity index (χ2n) is 5.91. The lowest BCUT2D eigenvalue weighted by atomic mass is 9.99. The third-order valence-corrected chi connectivity index (χ3v) is 5.17.